The van der Waals surface area contributed by atoms with Gasteiger partial charge in [0, 0.05) is 17.5 Å². The van der Waals surface area contributed by atoms with Crippen LogP contribution in [0, 0.1) is 24.2 Å². The molecule has 4 bridgehead atoms. The highest BCUT2D eigenvalue weighted by atomic mass is 16.5. The maximum atomic E-state index is 12.2. The van der Waals surface area contributed by atoms with Crippen LogP contribution in [-0.4, -0.2) is 21.0 Å². The minimum absolute atomic E-state index is 0.145. The van der Waals surface area contributed by atoms with Gasteiger partial charge in [-0.05, 0) is 69.4 Å². The number of rotatable bonds is 3. The minimum Gasteiger partial charge on any atom is -0.369 e. The maximum absolute atomic E-state index is 12.2. The molecule has 2 aromatic rings. The number of pyridine rings is 1. The fraction of sp³-hybridized carbons (Fsp3) is 0.579. The summed E-state index contributed by atoms with van der Waals surface area (Å²) in [4.78, 5) is 21.3. The largest absolute Gasteiger partial charge is 0.369 e. The lowest BCUT2D eigenvalue weighted by Crippen LogP contribution is -2.58. The zero-order chi connectivity index (χ0) is 17.2. The van der Waals surface area contributed by atoms with Crippen molar-refractivity contribution in [1.29, 1.82) is 0 Å². The monoisotopic (exact) mass is 338 g/mol. The van der Waals surface area contributed by atoms with Crippen LogP contribution < -0.4 is 5.73 Å². The Morgan fingerprint density at radius 2 is 2.00 bits per heavy atom. The Morgan fingerprint density at radius 3 is 2.64 bits per heavy atom. The first-order chi connectivity index (χ1) is 12.0. The van der Waals surface area contributed by atoms with E-state index in [1.54, 1.807) is 6.20 Å². The standard InChI is InChI=1S/C19H22N4O2/c1-11-2-3-14(9-21-11)15-22-17(25-23-15)19-7-12-4-13(8-19)6-18(5-12,10-19)16(20)24/h2-3,9,12-13H,4-8,10H2,1H3,(H2,20,24). The number of nitrogens with zero attached hydrogens (tertiary/aromatic N) is 3. The number of nitrogens with two attached hydrogens (primary N) is 1. The van der Waals surface area contributed by atoms with E-state index < -0.39 is 0 Å². The van der Waals surface area contributed by atoms with Crippen molar-refractivity contribution >= 4 is 5.91 Å². The van der Waals surface area contributed by atoms with Crippen molar-refractivity contribution in [3.8, 4) is 11.4 Å². The van der Waals surface area contributed by atoms with Gasteiger partial charge in [-0.1, -0.05) is 5.16 Å². The second kappa shape index (κ2) is 4.90. The molecule has 1 amide bonds. The van der Waals surface area contributed by atoms with E-state index in [1.165, 1.54) is 6.42 Å². The van der Waals surface area contributed by atoms with E-state index in [0.29, 0.717) is 23.6 Å². The van der Waals surface area contributed by atoms with Gasteiger partial charge in [-0.3, -0.25) is 9.78 Å². The quantitative estimate of drug-likeness (QED) is 0.928. The van der Waals surface area contributed by atoms with Gasteiger partial charge in [0.15, 0.2) is 0 Å². The second-order valence-electron chi connectivity index (χ2n) is 8.50. The topological polar surface area (TPSA) is 94.9 Å². The molecule has 0 aliphatic heterocycles. The number of primary amides is 1. The van der Waals surface area contributed by atoms with Crippen LogP contribution >= 0.6 is 0 Å². The van der Waals surface area contributed by atoms with Crippen LogP contribution in [0.15, 0.2) is 22.9 Å². The Labute approximate surface area is 146 Å². The first-order valence-electron chi connectivity index (χ1n) is 9.05. The van der Waals surface area contributed by atoms with Gasteiger partial charge in [-0.2, -0.15) is 4.98 Å². The van der Waals surface area contributed by atoms with E-state index in [0.717, 1.165) is 43.4 Å². The first kappa shape index (κ1) is 15.0. The van der Waals surface area contributed by atoms with Crippen molar-refractivity contribution in [2.75, 3.05) is 0 Å². The minimum atomic E-state index is -0.371. The number of carbonyl (C=O) groups is 1. The van der Waals surface area contributed by atoms with Crippen LogP contribution in [0.2, 0.25) is 0 Å². The van der Waals surface area contributed by atoms with E-state index in [2.05, 4.69) is 10.1 Å². The number of amides is 1. The molecule has 2 N–H and O–H groups in total. The molecule has 0 saturated heterocycles. The molecule has 0 aromatic carbocycles. The third-order valence-electron chi connectivity index (χ3n) is 6.63. The SMILES string of the molecule is Cc1ccc(-c2noc(C34CC5CC(CC(C(N)=O)(C5)C3)C4)n2)cn1. The van der Waals surface area contributed by atoms with Crippen molar-refractivity contribution < 1.29 is 9.32 Å². The van der Waals surface area contributed by atoms with Crippen LogP contribution in [0.4, 0.5) is 0 Å². The molecular weight excluding hydrogens is 316 g/mol. The summed E-state index contributed by atoms with van der Waals surface area (Å²) in [5, 5.41) is 4.20. The van der Waals surface area contributed by atoms with Gasteiger partial charge in [0.1, 0.15) is 0 Å². The Hall–Kier alpha value is -2.24. The number of hydrogen-bond donors (Lipinski definition) is 1. The van der Waals surface area contributed by atoms with Crippen LogP contribution in [0.1, 0.15) is 50.1 Å². The van der Waals surface area contributed by atoms with Crippen molar-refractivity contribution in [2.24, 2.45) is 23.0 Å². The van der Waals surface area contributed by atoms with E-state index in [9.17, 15) is 4.79 Å². The number of carbonyl (C=O) groups excluding carboxylic acids is 1. The van der Waals surface area contributed by atoms with Crippen LogP contribution in [0.5, 0.6) is 0 Å². The molecule has 2 atom stereocenters. The number of aryl methyl sites for hydroxylation is 1. The fourth-order valence-corrected chi connectivity index (χ4v) is 5.96. The number of aromatic nitrogens is 3. The second-order valence-corrected chi connectivity index (χ2v) is 8.50. The molecule has 6 rings (SSSR count). The van der Waals surface area contributed by atoms with Gasteiger partial charge in [0.05, 0.1) is 10.8 Å². The average Bonchev–Trinajstić information content (AvgIpc) is 3.05. The molecule has 2 aromatic heterocycles. The molecule has 6 nitrogen and oxygen atoms in total. The Morgan fingerprint density at radius 1 is 1.24 bits per heavy atom. The van der Waals surface area contributed by atoms with Gasteiger partial charge in [-0.15, -0.1) is 0 Å². The molecule has 6 heteroatoms. The van der Waals surface area contributed by atoms with Crippen LogP contribution in [-0.2, 0) is 10.2 Å². The molecule has 4 saturated carbocycles. The highest BCUT2D eigenvalue weighted by Gasteiger charge is 2.62. The van der Waals surface area contributed by atoms with Crippen molar-refractivity contribution in [1.82, 2.24) is 15.1 Å². The molecule has 4 aliphatic rings. The lowest BCUT2D eigenvalue weighted by molar-refractivity contribution is -0.147. The van der Waals surface area contributed by atoms with Crippen LogP contribution in [0.3, 0.4) is 0 Å². The van der Waals surface area contributed by atoms with Gasteiger partial charge in [-0.25, -0.2) is 0 Å². The Kier molecular flexibility index (Phi) is 2.95. The third kappa shape index (κ3) is 2.16. The molecular formula is C19H22N4O2. The molecule has 2 unspecified atom stereocenters. The van der Waals surface area contributed by atoms with Crippen molar-refractivity contribution in [3.05, 3.63) is 29.9 Å². The molecule has 4 fully saturated rings. The highest BCUT2D eigenvalue weighted by Crippen LogP contribution is 2.65. The van der Waals surface area contributed by atoms with Gasteiger partial charge < -0.3 is 10.3 Å². The summed E-state index contributed by atoms with van der Waals surface area (Å²) in [6, 6.07) is 3.90. The molecule has 130 valence electrons. The first-order valence-corrected chi connectivity index (χ1v) is 9.05. The molecule has 4 aliphatic carbocycles. The zero-order valence-electron chi connectivity index (χ0n) is 14.4. The van der Waals surface area contributed by atoms with E-state index in [-0.39, 0.29) is 16.7 Å². The normalized spacial score (nSPS) is 35.9. The van der Waals surface area contributed by atoms with E-state index >= 15 is 0 Å². The fourth-order valence-electron chi connectivity index (χ4n) is 5.96. The van der Waals surface area contributed by atoms with E-state index in [4.69, 9.17) is 15.2 Å². The molecule has 0 spiro atoms. The van der Waals surface area contributed by atoms with Gasteiger partial charge in [0.25, 0.3) is 0 Å². The Balaban J connectivity index is 1.53. The van der Waals surface area contributed by atoms with Gasteiger partial charge in [0.2, 0.25) is 17.6 Å². The smallest absolute Gasteiger partial charge is 0.233 e. The summed E-state index contributed by atoms with van der Waals surface area (Å²) >= 11 is 0. The predicted molar refractivity (Wildman–Crippen MR) is 90.3 cm³/mol. The van der Waals surface area contributed by atoms with Crippen molar-refractivity contribution in [3.63, 3.8) is 0 Å². The maximum Gasteiger partial charge on any atom is 0.233 e. The van der Waals surface area contributed by atoms with Crippen LogP contribution in [0.25, 0.3) is 11.4 Å². The van der Waals surface area contributed by atoms with Gasteiger partial charge >= 0.3 is 0 Å². The van der Waals surface area contributed by atoms with Crippen molar-refractivity contribution in [2.45, 2.75) is 50.9 Å². The molecule has 25 heavy (non-hydrogen) atoms. The zero-order valence-corrected chi connectivity index (χ0v) is 14.4. The van der Waals surface area contributed by atoms with E-state index in [1.807, 2.05) is 19.1 Å². The summed E-state index contributed by atoms with van der Waals surface area (Å²) in [7, 11) is 0. The summed E-state index contributed by atoms with van der Waals surface area (Å²) in [5.74, 6) is 2.21. The lowest BCUT2D eigenvalue weighted by atomic mass is 9.44. The molecule has 2 heterocycles. The summed E-state index contributed by atoms with van der Waals surface area (Å²) in [6.07, 6.45) is 7.68. The lowest BCUT2D eigenvalue weighted by Gasteiger charge is -2.59. The average molecular weight is 338 g/mol. The highest BCUT2D eigenvalue weighted by molar-refractivity contribution is 5.81. The third-order valence-corrected chi connectivity index (χ3v) is 6.63. The summed E-state index contributed by atoms with van der Waals surface area (Å²) < 4.78 is 5.72. The Bertz CT molecular complexity index is 827. The number of hydrogen-bond acceptors (Lipinski definition) is 5. The predicted octanol–water partition coefficient (Wildman–Crippen LogP) is 2.76. The molecule has 0 radical (unpaired) electrons. The summed E-state index contributed by atoms with van der Waals surface area (Å²) in [6.45, 7) is 1.95. The summed E-state index contributed by atoms with van der Waals surface area (Å²) in [5.41, 5.74) is 7.09.